The Hall–Kier alpha value is -1.03. The number of anilines is 1. The lowest BCUT2D eigenvalue weighted by atomic mass is 9.97. The molecule has 2 rings (SSSR count). The van der Waals surface area contributed by atoms with Crippen LogP contribution in [0, 0.1) is 6.92 Å². The van der Waals surface area contributed by atoms with Gasteiger partial charge in [-0.15, -0.1) is 0 Å². The summed E-state index contributed by atoms with van der Waals surface area (Å²) in [6, 6.07) is 0. The second kappa shape index (κ2) is 4.00. The second-order valence-corrected chi connectivity index (χ2v) is 3.78. The molecule has 1 aliphatic carbocycles. The van der Waals surface area contributed by atoms with E-state index >= 15 is 0 Å². The minimum Gasteiger partial charge on any atom is -0.344 e. The summed E-state index contributed by atoms with van der Waals surface area (Å²) in [6.07, 6.45) is 4.92. The standard InChI is InChI=1S/C10H17N3O/c1-3-9-11-7(2)10(12-9)13-14-8-5-4-6-8/h8,13H,3-6H2,1-2H3,(H,11,12). The van der Waals surface area contributed by atoms with Crippen molar-refractivity contribution in [3.05, 3.63) is 11.5 Å². The van der Waals surface area contributed by atoms with Gasteiger partial charge < -0.3 is 4.98 Å². The summed E-state index contributed by atoms with van der Waals surface area (Å²) in [4.78, 5) is 13.0. The number of aryl methyl sites for hydroxylation is 2. The lowest BCUT2D eigenvalue weighted by molar-refractivity contribution is 0.0384. The van der Waals surface area contributed by atoms with Gasteiger partial charge in [0.1, 0.15) is 5.82 Å². The highest BCUT2D eigenvalue weighted by molar-refractivity contribution is 5.38. The molecule has 14 heavy (non-hydrogen) atoms. The van der Waals surface area contributed by atoms with Crippen molar-refractivity contribution in [3.8, 4) is 0 Å². The van der Waals surface area contributed by atoms with Gasteiger partial charge in [-0.2, -0.15) is 0 Å². The van der Waals surface area contributed by atoms with Crippen LogP contribution in [0.3, 0.4) is 0 Å². The molecular weight excluding hydrogens is 178 g/mol. The van der Waals surface area contributed by atoms with E-state index in [-0.39, 0.29) is 0 Å². The lowest BCUT2D eigenvalue weighted by Gasteiger charge is -2.24. The normalized spacial score (nSPS) is 16.7. The molecule has 0 aliphatic heterocycles. The first kappa shape index (κ1) is 9.52. The van der Waals surface area contributed by atoms with Gasteiger partial charge in [-0.3, -0.25) is 4.84 Å². The van der Waals surface area contributed by atoms with E-state index in [1.165, 1.54) is 6.42 Å². The molecule has 0 atom stereocenters. The summed E-state index contributed by atoms with van der Waals surface area (Å²) in [5, 5.41) is 0. The fourth-order valence-corrected chi connectivity index (χ4v) is 1.42. The summed E-state index contributed by atoms with van der Waals surface area (Å²) < 4.78 is 0. The molecule has 0 saturated heterocycles. The molecule has 0 spiro atoms. The highest BCUT2D eigenvalue weighted by Gasteiger charge is 2.19. The SMILES string of the molecule is CCc1nc(NOC2CCC2)c(C)[nH]1. The Kier molecular flexibility index (Phi) is 2.72. The highest BCUT2D eigenvalue weighted by atomic mass is 16.7. The maximum absolute atomic E-state index is 5.47. The summed E-state index contributed by atoms with van der Waals surface area (Å²) in [5.74, 6) is 1.83. The van der Waals surface area contributed by atoms with E-state index in [0.717, 1.165) is 36.6 Å². The molecule has 4 nitrogen and oxygen atoms in total. The Morgan fingerprint density at radius 2 is 2.36 bits per heavy atom. The van der Waals surface area contributed by atoms with Crippen molar-refractivity contribution >= 4 is 5.82 Å². The van der Waals surface area contributed by atoms with Crippen molar-refractivity contribution in [1.29, 1.82) is 0 Å². The first-order valence-electron chi connectivity index (χ1n) is 5.26. The first-order chi connectivity index (χ1) is 6.79. The molecule has 1 aromatic heterocycles. The smallest absolute Gasteiger partial charge is 0.171 e. The largest absolute Gasteiger partial charge is 0.344 e. The minimum absolute atomic E-state index is 0.385. The van der Waals surface area contributed by atoms with Gasteiger partial charge in [-0.25, -0.2) is 10.5 Å². The quantitative estimate of drug-likeness (QED) is 0.724. The molecule has 1 heterocycles. The number of H-pyrrole nitrogens is 1. The Balaban J connectivity index is 1.90. The van der Waals surface area contributed by atoms with Crippen molar-refractivity contribution in [2.75, 3.05) is 5.48 Å². The molecular formula is C10H17N3O. The number of nitrogens with one attached hydrogen (secondary N) is 2. The van der Waals surface area contributed by atoms with E-state index in [9.17, 15) is 0 Å². The average molecular weight is 195 g/mol. The maximum Gasteiger partial charge on any atom is 0.171 e. The summed E-state index contributed by atoms with van der Waals surface area (Å²) in [7, 11) is 0. The predicted molar refractivity (Wildman–Crippen MR) is 55.0 cm³/mol. The fourth-order valence-electron chi connectivity index (χ4n) is 1.42. The third kappa shape index (κ3) is 1.90. The van der Waals surface area contributed by atoms with Crippen LogP contribution in [-0.2, 0) is 11.3 Å². The van der Waals surface area contributed by atoms with Crippen LogP contribution in [-0.4, -0.2) is 16.1 Å². The molecule has 0 unspecified atom stereocenters. The van der Waals surface area contributed by atoms with Crippen LogP contribution in [0.25, 0.3) is 0 Å². The van der Waals surface area contributed by atoms with Gasteiger partial charge in [0.05, 0.1) is 11.8 Å². The molecule has 1 saturated carbocycles. The molecule has 0 amide bonds. The van der Waals surface area contributed by atoms with Gasteiger partial charge in [0.25, 0.3) is 0 Å². The number of nitrogens with zero attached hydrogens (tertiary/aromatic N) is 1. The van der Waals surface area contributed by atoms with Crippen molar-refractivity contribution in [2.24, 2.45) is 0 Å². The van der Waals surface area contributed by atoms with Crippen molar-refractivity contribution in [1.82, 2.24) is 9.97 Å². The number of hydrogen-bond acceptors (Lipinski definition) is 3. The molecule has 4 heteroatoms. The molecule has 0 radical (unpaired) electrons. The number of hydrogen-bond donors (Lipinski definition) is 2. The number of imidazole rings is 1. The third-order valence-corrected chi connectivity index (χ3v) is 2.64. The molecule has 0 bridgehead atoms. The molecule has 2 N–H and O–H groups in total. The van der Waals surface area contributed by atoms with Crippen LogP contribution in [0.1, 0.15) is 37.7 Å². The van der Waals surface area contributed by atoms with Gasteiger partial charge in [-0.1, -0.05) is 6.92 Å². The van der Waals surface area contributed by atoms with Crippen LogP contribution in [0.5, 0.6) is 0 Å². The Morgan fingerprint density at radius 1 is 1.57 bits per heavy atom. The van der Waals surface area contributed by atoms with Gasteiger partial charge >= 0.3 is 0 Å². The van der Waals surface area contributed by atoms with Crippen LogP contribution in [0.4, 0.5) is 5.82 Å². The second-order valence-electron chi connectivity index (χ2n) is 3.78. The van der Waals surface area contributed by atoms with E-state index < -0.39 is 0 Å². The lowest BCUT2D eigenvalue weighted by Crippen LogP contribution is -2.24. The van der Waals surface area contributed by atoms with Gasteiger partial charge in [0.15, 0.2) is 5.82 Å². The van der Waals surface area contributed by atoms with Crippen molar-refractivity contribution in [3.63, 3.8) is 0 Å². The summed E-state index contributed by atoms with van der Waals surface area (Å²) >= 11 is 0. The van der Waals surface area contributed by atoms with Crippen molar-refractivity contribution in [2.45, 2.75) is 45.6 Å². The molecule has 0 aromatic carbocycles. The van der Waals surface area contributed by atoms with E-state index in [2.05, 4.69) is 22.4 Å². The Labute approximate surface area is 84.0 Å². The van der Waals surface area contributed by atoms with E-state index in [1.807, 2.05) is 6.92 Å². The van der Waals surface area contributed by atoms with Gasteiger partial charge in [0.2, 0.25) is 0 Å². The fraction of sp³-hybridized carbons (Fsp3) is 0.700. The Morgan fingerprint density at radius 3 is 2.86 bits per heavy atom. The van der Waals surface area contributed by atoms with Crippen LogP contribution < -0.4 is 5.48 Å². The number of aromatic amines is 1. The third-order valence-electron chi connectivity index (χ3n) is 2.64. The Bertz CT molecular complexity index is 304. The van der Waals surface area contributed by atoms with Crippen LogP contribution in [0.2, 0.25) is 0 Å². The molecule has 1 fully saturated rings. The zero-order chi connectivity index (χ0) is 9.97. The van der Waals surface area contributed by atoms with E-state index in [1.54, 1.807) is 0 Å². The zero-order valence-corrected chi connectivity index (χ0v) is 8.76. The maximum atomic E-state index is 5.47. The minimum atomic E-state index is 0.385. The molecule has 1 aromatic rings. The van der Waals surface area contributed by atoms with Gasteiger partial charge in [0, 0.05) is 6.42 Å². The predicted octanol–water partition coefficient (Wildman–Crippen LogP) is 2.18. The van der Waals surface area contributed by atoms with Crippen LogP contribution >= 0.6 is 0 Å². The van der Waals surface area contributed by atoms with E-state index in [4.69, 9.17) is 4.84 Å². The number of rotatable bonds is 4. The molecule has 78 valence electrons. The first-order valence-corrected chi connectivity index (χ1v) is 5.26. The number of aromatic nitrogens is 2. The van der Waals surface area contributed by atoms with Crippen molar-refractivity contribution < 1.29 is 4.84 Å². The average Bonchev–Trinajstić information content (AvgIpc) is 2.45. The van der Waals surface area contributed by atoms with Crippen LogP contribution in [0.15, 0.2) is 0 Å². The van der Waals surface area contributed by atoms with E-state index in [0.29, 0.717) is 6.10 Å². The van der Waals surface area contributed by atoms with Gasteiger partial charge in [-0.05, 0) is 26.2 Å². The topological polar surface area (TPSA) is 49.9 Å². The summed E-state index contributed by atoms with van der Waals surface area (Å²) in [5.41, 5.74) is 3.97. The summed E-state index contributed by atoms with van der Waals surface area (Å²) in [6.45, 7) is 4.08. The highest BCUT2D eigenvalue weighted by Crippen LogP contribution is 2.22. The molecule has 1 aliphatic rings. The monoisotopic (exact) mass is 195 g/mol. The zero-order valence-electron chi connectivity index (χ0n) is 8.76.